The van der Waals surface area contributed by atoms with E-state index in [2.05, 4.69) is 5.92 Å². The normalized spacial score (nSPS) is 15.6. The highest BCUT2D eigenvalue weighted by Crippen LogP contribution is 2.21. The lowest BCUT2D eigenvalue weighted by Crippen LogP contribution is -2.54. The number of amides is 2. The smallest absolute Gasteiger partial charge is 0.316 e. The van der Waals surface area contributed by atoms with Crippen molar-refractivity contribution in [1.29, 1.82) is 0 Å². The summed E-state index contributed by atoms with van der Waals surface area (Å²) in [5.74, 6) is 1.36. The van der Waals surface area contributed by atoms with E-state index in [4.69, 9.17) is 6.42 Å². The molecule has 0 saturated carbocycles. The molecular formula is C15H16N2O2. The van der Waals surface area contributed by atoms with Gasteiger partial charge >= 0.3 is 11.8 Å². The monoisotopic (exact) mass is 256 g/mol. The first kappa shape index (κ1) is 13.2. The Morgan fingerprint density at radius 3 is 2.32 bits per heavy atom. The van der Waals surface area contributed by atoms with Crippen molar-refractivity contribution in [1.82, 2.24) is 4.90 Å². The largest absolute Gasteiger partial charge is 0.322 e. The van der Waals surface area contributed by atoms with Gasteiger partial charge in [-0.2, -0.15) is 0 Å². The molecule has 2 rings (SSSR count). The predicted molar refractivity (Wildman–Crippen MR) is 73.7 cm³/mol. The molecule has 1 aliphatic heterocycles. The maximum atomic E-state index is 12.1. The third-order valence-electron chi connectivity index (χ3n) is 3.11. The van der Waals surface area contributed by atoms with Gasteiger partial charge in [0.1, 0.15) is 0 Å². The summed E-state index contributed by atoms with van der Waals surface area (Å²) in [5.41, 5.74) is 2.92. The van der Waals surface area contributed by atoms with Crippen molar-refractivity contribution in [3.8, 4) is 12.3 Å². The van der Waals surface area contributed by atoms with Crippen LogP contribution >= 0.6 is 0 Å². The van der Waals surface area contributed by atoms with Crippen LogP contribution in [0.25, 0.3) is 0 Å². The Bertz CT molecular complexity index is 552. The summed E-state index contributed by atoms with van der Waals surface area (Å²) < 4.78 is 0. The Hall–Kier alpha value is -2.28. The third kappa shape index (κ3) is 2.60. The molecule has 1 aromatic carbocycles. The van der Waals surface area contributed by atoms with E-state index in [9.17, 15) is 9.59 Å². The van der Waals surface area contributed by atoms with Crippen LogP contribution in [0.4, 0.5) is 5.69 Å². The summed E-state index contributed by atoms with van der Waals surface area (Å²) in [6.45, 7) is 5.08. The zero-order valence-electron chi connectivity index (χ0n) is 11.1. The van der Waals surface area contributed by atoms with Crippen LogP contribution in [0.2, 0.25) is 0 Å². The average molecular weight is 256 g/mol. The first-order valence-corrected chi connectivity index (χ1v) is 6.15. The van der Waals surface area contributed by atoms with E-state index in [0.717, 1.165) is 16.8 Å². The Morgan fingerprint density at radius 1 is 1.11 bits per heavy atom. The van der Waals surface area contributed by atoms with Gasteiger partial charge in [-0.15, -0.1) is 6.42 Å². The molecule has 0 aliphatic carbocycles. The SMILES string of the molecule is C#CCN1CCN(c2cc(C)cc(C)c2)C(=O)C1=O. The number of anilines is 1. The summed E-state index contributed by atoms with van der Waals surface area (Å²) >= 11 is 0. The first-order valence-electron chi connectivity index (χ1n) is 6.15. The third-order valence-corrected chi connectivity index (χ3v) is 3.11. The molecule has 2 amide bonds. The maximum absolute atomic E-state index is 12.1. The molecule has 4 nitrogen and oxygen atoms in total. The molecule has 0 bridgehead atoms. The fraction of sp³-hybridized carbons (Fsp3) is 0.333. The number of rotatable bonds is 2. The fourth-order valence-electron chi connectivity index (χ4n) is 2.29. The molecule has 0 aromatic heterocycles. The van der Waals surface area contributed by atoms with E-state index < -0.39 is 11.8 Å². The van der Waals surface area contributed by atoms with E-state index in [-0.39, 0.29) is 6.54 Å². The molecule has 0 N–H and O–H groups in total. The molecule has 0 radical (unpaired) electrons. The van der Waals surface area contributed by atoms with Crippen LogP contribution < -0.4 is 4.90 Å². The summed E-state index contributed by atoms with van der Waals surface area (Å²) in [5, 5.41) is 0. The second kappa shape index (κ2) is 5.15. The van der Waals surface area contributed by atoms with Crippen LogP contribution in [0.15, 0.2) is 18.2 Å². The summed E-state index contributed by atoms with van der Waals surface area (Å²) in [7, 11) is 0. The summed E-state index contributed by atoms with van der Waals surface area (Å²) in [4.78, 5) is 26.9. The van der Waals surface area contributed by atoms with E-state index in [1.165, 1.54) is 9.80 Å². The van der Waals surface area contributed by atoms with Crippen molar-refractivity contribution >= 4 is 17.5 Å². The van der Waals surface area contributed by atoms with Crippen molar-refractivity contribution in [2.75, 3.05) is 24.5 Å². The second-order valence-electron chi connectivity index (χ2n) is 4.73. The topological polar surface area (TPSA) is 40.6 Å². The van der Waals surface area contributed by atoms with Crippen molar-refractivity contribution in [3.63, 3.8) is 0 Å². The van der Waals surface area contributed by atoms with Crippen molar-refractivity contribution in [2.45, 2.75) is 13.8 Å². The highest BCUT2D eigenvalue weighted by Gasteiger charge is 2.32. The number of carbonyl (C=O) groups excluding carboxylic acids is 2. The molecule has 98 valence electrons. The van der Waals surface area contributed by atoms with Crippen LogP contribution in [-0.4, -0.2) is 36.3 Å². The quantitative estimate of drug-likeness (QED) is 0.587. The van der Waals surface area contributed by atoms with Gasteiger partial charge in [0.05, 0.1) is 6.54 Å². The molecule has 0 unspecified atom stereocenters. The Kier molecular flexibility index (Phi) is 3.57. The number of benzene rings is 1. The average Bonchev–Trinajstić information content (AvgIpc) is 2.34. The lowest BCUT2D eigenvalue weighted by molar-refractivity contribution is -0.145. The van der Waals surface area contributed by atoms with Gasteiger partial charge in [-0.05, 0) is 37.1 Å². The molecule has 0 atom stereocenters. The van der Waals surface area contributed by atoms with E-state index in [1.807, 2.05) is 32.0 Å². The number of piperazine rings is 1. The minimum absolute atomic E-state index is 0.186. The summed E-state index contributed by atoms with van der Waals surface area (Å²) in [6.07, 6.45) is 5.18. The van der Waals surface area contributed by atoms with Crippen LogP contribution in [-0.2, 0) is 9.59 Å². The number of hydrogen-bond donors (Lipinski definition) is 0. The zero-order valence-corrected chi connectivity index (χ0v) is 11.1. The van der Waals surface area contributed by atoms with Gasteiger partial charge in [0, 0.05) is 18.8 Å². The van der Waals surface area contributed by atoms with Crippen LogP contribution in [0.1, 0.15) is 11.1 Å². The standard InChI is InChI=1S/C15H16N2O2/c1-4-5-16-6-7-17(15(19)14(16)18)13-9-11(2)8-12(3)10-13/h1,8-10H,5-7H2,2-3H3. The molecule has 4 heteroatoms. The van der Waals surface area contributed by atoms with Crippen LogP contribution in [0, 0.1) is 26.2 Å². The van der Waals surface area contributed by atoms with Crippen molar-refractivity contribution < 1.29 is 9.59 Å². The Balaban J connectivity index is 2.26. The molecule has 1 saturated heterocycles. The van der Waals surface area contributed by atoms with Gasteiger partial charge in [0.15, 0.2) is 0 Å². The lowest BCUT2D eigenvalue weighted by atomic mass is 10.1. The number of hydrogen-bond acceptors (Lipinski definition) is 2. The molecule has 1 aromatic rings. The van der Waals surface area contributed by atoms with Gasteiger partial charge in [0.2, 0.25) is 0 Å². The fourth-order valence-corrected chi connectivity index (χ4v) is 2.29. The van der Waals surface area contributed by atoms with Gasteiger partial charge in [-0.3, -0.25) is 9.59 Å². The highest BCUT2D eigenvalue weighted by molar-refractivity contribution is 6.41. The Labute approximate surface area is 113 Å². The Morgan fingerprint density at radius 2 is 1.74 bits per heavy atom. The second-order valence-corrected chi connectivity index (χ2v) is 4.73. The van der Waals surface area contributed by atoms with Gasteiger partial charge in [0.25, 0.3) is 0 Å². The van der Waals surface area contributed by atoms with Crippen molar-refractivity contribution in [3.05, 3.63) is 29.3 Å². The molecule has 19 heavy (non-hydrogen) atoms. The lowest BCUT2D eigenvalue weighted by Gasteiger charge is -2.33. The number of aryl methyl sites for hydroxylation is 2. The zero-order chi connectivity index (χ0) is 14.0. The van der Waals surface area contributed by atoms with Gasteiger partial charge in [-0.1, -0.05) is 12.0 Å². The first-order chi connectivity index (χ1) is 9.02. The van der Waals surface area contributed by atoms with Crippen LogP contribution in [0.5, 0.6) is 0 Å². The summed E-state index contributed by atoms with van der Waals surface area (Å²) in [6, 6.07) is 5.86. The van der Waals surface area contributed by atoms with Crippen molar-refractivity contribution in [2.24, 2.45) is 0 Å². The van der Waals surface area contributed by atoms with Crippen LogP contribution in [0.3, 0.4) is 0 Å². The molecular weight excluding hydrogens is 240 g/mol. The minimum atomic E-state index is -0.525. The number of carbonyl (C=O) groups is 2. The van der Waals surface area contributed by atoms with E-state index in [0.29, 0.717) is 13.1 Å². The molecule has 1 fully saturated rings. The van der Waals surface area contributed by atoms with Gasteiger partial charge in [-0.25, -0.2) is 0 Å². The minimum Gasteiger partial charge on any atom is -0.322 e. The van der Waals surface area contributed by atoms with E-state index in [1.54, 1.807) is 0 Å². The molecule has 0 spiro atoms. The molecule has 1 aliphatic rings. The number of nitrogens with zero attached hydrogens (tertiary/aromatic N) is 2. The van der Waals surface area contributed by atoms with Gasteiger partial charge < -0.3 is 9.80 Å². The molecule has 1 heterocycles. The maximum Gasteiger partial charge on any atom is 0.316 e. The predicted octanol–water partition coefficient (Wildman–Crippen LogP) is 1.11. The highest BCUT2D eigenvalue weighted by atomic mass is 16.2. The number of terminal acetylenes is 1. The van der Waals surface area contributed by atoms with E-state index >= 15 is 0 Å².